The Kier molecular flexibility index (Phi) is 8.06. The van der Waals surface area contributed by atoms with Crippen LogP contribution in [0.4, 0.5) is 5.69 Å². The van der Waals surface area contributed by atoms with E-state index >= 15 is 0 Å². The average Bonchev–Trinajstić information content (AvgIpc) is 3.20. The van der Waals surface area contributed by atoms with Crippen LogP contribution in [-0.4, -0.2) is 32.0 Å². The van der Waals surface area contributed by atoms with Gasteiger partial charge < -0.3 is 24.5 Å². The third-order valence-corrected chi connectivity index (χ3v) is 7.61. The molecule has 172 valence electrons. The zero-order valence-electron chi connectivity index (χ0n) is 17.5. The van der Waals surface area contributed by atoms with Crippen LogP contribution in [0.2, 0.25) is 0 Å². The SMILES string of the molecule is CCCCN1C(=C=Cc2sc(=S)n(CP(=O)(O)O)c2O)Sc2ccc(OC(=O)CC)cc21. The largest absolute Gasteiger partial charge is 0.493 e. The summed E-state index contributed by atoms with van der Waals surface area (Å²) in [5.41, 5.74) is 4.10. The summed E-state index contributed by atoms with van der Waals surface area (Å²) < 4.78 is 17.9. The number of aromatic hydroxyl groups is 1. The third kappa shape index (κ3) is 5.94. The van der Waals surface area contributed by atoms with E-state index in [1.54, 1.807) is 19.1 Å². The van der Waals surface area contributed by atoms with Gasteiger partial charge in [0.2, 0.25) is 5.88 Å². The number of benzene rings is 1. The van der Waals surface area contributed by atoms with Gasteiger partial charge in [0.15, 0.2) is 3.95 Å². The molecule has 2 aromatic rings. The summed E-state index contributed by atoms with van der Waals surface area (Å²) in [5, 5.41) is 11.2. The summed E-state index contributed by atoms with van der Waals surface area (Å²) in [6.07, 6.45) is 3.10. The predicted molar refractivity (Wildman–Crippen MR) is 129 cm³/mol. The van der Waals surface area contributed by atoms with Crippen molar-refractivity contribution >= 4 is 60.6 Å². The highest BCUT2D eigenvalue weighted by atomic mass is 32.2. The molecule has 2 heterocycles. The van der Waals surface area contributed by atoms with Crippen LogP contribution < -0.4 is 9.64 Å². The van der Waals surface area contributed by atoms with E-state index in [2.05, 4.69) is 17.6 Å². The van der Waals surface area contributed by atoms with Gasteiger partial charge in [0.1, 0.15) is 17.1 Å². The van der Waals surface area contributed by atoms with Gasteiger partial charge in [0.25, 0.3) is 0 Å². The Morgan fingerprint density at radius 3 is 2.75 bits per heavy atom. The maximum absolute atomic E-state index is 11.7. The molecule has 1 aromatic heterocycles. The topological polar surface area (TPSA) is 112 Å². The lowest BCUT2D eigenvalue weighted by atomic mass is 10.2. The highest BCUT2D eigenvalue weighted by molar-refractivity contribution is 8.03. The average molecular weight is 515 g/mol. The number of thiazole rings is 1. The first-order valence-electron chi connectivity index (χ1n) is 9.87. The summed E-state index contributed by atoms with van der Waals surface area (Å²) in [4.78, 5) is 33.5. The summed E-state index contributed by atoms with van der Waals surface area (Å²) >= 11 is 7.69. The molecule has 1 aliphatic heterocycles. The molecule has 8 nitrogen and oxygen atoms in total. The van der Waals surface area contributed by atoms with Crippen molar-refractivity contribution in [2.24, 2.45) is 0 Å². The number of aromatic nitrogens is 1. The van der Waals surface area contributed by atoms with E-state index in [1.165, 1.54) is 11.8 Å². The number of anilines is 1. The van der Waals surface area contributed by atoms with E-state index in [4.69, 9.17) is 17.0 Å². The van der Waals surface area contributed by atoms with Gasteiger partial charge in [-0.15, -0.1) is 11.3 Å². The highest BCUT2D eigenvalue weighted by Gasteiger charge is 2.26. The smallest absolute Gasteiger partial charge is 0.345 e. The van der Waals surface area contributed by atoms with Gasteiger partial charge in [-0.05, 0) is 30.8 Å². The minimum atomic E-state index is -4.39. The van der Waals surface area contributed by atoms with Crippen molar-refractivity contribution in [2.45, 2.75) is 44.3 Å². The lowest BCUT2D eigenvalue weighted by molar-refractivity contribution is -0.134. The van der Waals surface area contributed by atoms with Gasteiger partial charge >= 0.3 is 13.6 Å². The van der Waals surface area contributed by atoms with Crippen molar-refractivity contribution in [2.75, 3.05) is 11.4 Å². The second-order valence-corrected chi connectivity index (χ2v) is 11.3. The number of rotatable bonds is 8. The van der Waals surface area contributed by atoms with Crippen molar-refractivity contribution < 1.29 is 29.0 Å². The fourth-order valence-electron chi connectivity index (χ4n) is 2.92. The monoisotopic (exact) mass is 514 g/mol. The Labute approximate surface area is 199 Å². The molecule has 0 amide bonds. The Balaban J connectivity index is 1.96. The zero-order valence-corrected chi connectivity index (χ0v) is 20.8. The molecule has 3 rings (SSSR count). The number of carbonyl (C=O) groups excluding carboxylic acids is 1. The molecule has 0 saturated carbocycles. The van der Waals surface area contributed by atoms with Crippen LogP contribution in [0, 0.1) is 3.95 Å². The van der Waals surface area contributed by atoms with E-state index in [0.29, 0.717) is 10.6 Å². The van der Waals surface area contributed by atoms with Crippen LogP contribution in [0.25, 0.3) is 6.08 Å². The third-order valence-electron chi connectivity index (χ3n) is 4.47. The molecule has 0 atom stereocenters. The number of ether oxygens (including phenoxy) is 1. The number of fused-ring (bicyclic) bond motifs is 1. The summed E-state index contributed by atoms with van der Waals surface area (Å²) in [7, 11) is -4.39. The van der Waals surface area contributed by atoms with Gasteiger partial charge in [0.05, 0.1) is 10.6 Å². The minimum absolute atomic E-state index is 0.163. The Morgan fingerprint density at radius 2 is 2.09 bits per heavy atom. The standard InChI is InChI=1S/C20H23N2O6PS3/c1-3-5-10-21-14-11-13(28-18(23)4-2)6-7-15(14)31-17(21)9-8-16-19(24)22(20(30)32-16)12-29(25,26)27/h6-8,11,24H,3-5,10,12H2,1-2H3,(H2,25,26,27). The first-order valence-corrected chi connectivity index (χ1v) is 13.7. The fraction of sp³-hybridized carbons (Fsp3) is 0.350. The predicted octanol–water partition coefficient (Wildman–Crippen LogP) is 5.30. The molecule has 0 fully saturated rings. The Hall–Kier alpha value is -1.84. The van der Waals surface area contributed by atoms with Crippen LogP contribution in [0.3, 0.4) is 0 Å². The maximum Gasteiger partial charge on any atom is 0.345 e. The minimum Gasteiger partial charge on any atom is -0.493 e. The van der Waals surface area contributed by atoms with Gasteiger partial charge in [-0.3, -0.25) is 13.9 Å². The second kappa shape index (κ2) is 10.4. The Morgan fingerprint density at radius 1 is 1.34 bits per heavy atom. The summed E-state index contributed by atoms with van der Waals surface area (Å²) in [5.74, 6) is -0.123. The number of nitrogens with zero attached hydrogens (tertiary/aromatic N) is 2. The lowest BCUT2D eigenvalue weighted by Crippen LogP contribution is -2.18. The number of hydrogen-bond acceptors (Lipinski definition) is 8. The van der Waals surface area contributed by atoms with Gasteiger partial charge in [-0.1, -0.05) is 37.8 Å². The summed E-state index contributed by atoms with van der Waals surface area (Å²) in [6, 6.07) is 5.48. The van der Waals surface area contributed by atoms with Crippen LogP contribution >= 0.6 is 42.9 Å². The molecule has 0 unspecified atom stereocenters. The second-order valence-electron chi connectivity index (χ2n) is 6.95. The molecular formula is C20H23N2O6PS3. The van der Waals surface area contributed by atoms with Crippen LogP contribution in [0.15, 0.2) is 33.9 Å². The van der Waals surface area contributed by atoms with Crippen LogP contribution in [0.5, 0.6) is 11.6 Å². The van der Waals surface area contributed by atoms with Crippen molar-refractivity contribution in [1.82, 2.24) is 4.57 Å². The number of esters is 1. The quantitative estimate of drug-likeness (QED) is 0.142. The van der Waals surface area contributed by atoms with E-state index in [-0.39, 0.29) is 22.2 Å². The van der Waals surface area contributed by atoms with Gasteiger partial charge in [0, 0.05) is 30.0 Å². The van der Waals surface area contributed by atoms with Gasteiger partial charge in [-0.25, -0.2) is 0 Å². The molecule has 0 aliphatic carbocycles. The number of thioether (sulfide) groups is 1. The van der Waals surface area contributed by atoms with Crippen LogP contribution in [-0.2, 0) is 15.6 Å². The number of hydrogen-bond donors (Lipinski definition) is 3. The van der Waals surface area contributed by atoms with Crippen LogP contribution in [0.1, 0.15) is 38.0 Å². The van der Waals surface area contributed by atoms with E-state index in [9.17, 15) is 24.3 Å². The lowest BCUT2D eigenvalue weighted by Gasteiger charge is -2.19. The molecule has 1 aliphatic rings. The zero-order chi connectivity index (χ0) is 23.5. The van der Waals surface area contributed by atoms with Crippen molar-refractivity contribution in [3.05, 3.63) is 37.8 Å². The first-order chi connectivity index (χ1) is 15.1. The summed E-state index contributed by atoms with van der Waals surface area (Å²) in [6.45, 7) is 4.57. The van der Waals surface area contributed by atoms with Crippen molar-refractivity contribution in [3.63, 3.8) is 0 Å². The van der Waals surface area contributed by atoms with Gasteiger partial charge in [-0.2, -0.15) is 0 Å². The van der Waals surface area contributed by atoms with E-state index in [1.807, 2.05) is 12.1 Å². The number of unbranched alkanes of at least 4 members (excludes halogenated alkanes) is 1. The van der Waals surface area contributed by atoms with Crippen molar-refractivity contribution in [3.8, 4) is 11.6 Å². The maximum atomic E-state index is 11.7. The fourth-order valence-corrected chi connectivity index (χ4v) is 5.98. The molecule has 1 aromatic carbocycles. The van der Waals surface area contributed by atoms with E-state index in [0.717, 1.165) is 50.9 Å². The Bertz CT molecular complexity index is 1190. The highest BCUT2D eigenvalue weighted by Crippen LogP contribution is 2.47. The van der Waals surface area contributed by atoms with Crippen molar-refractivity contribution in [1.29, 1.82) is 0 Å². The van der Waals surface area contributed by atoms with E-state index < -0.39 is 13.9 Å². The molecule has 32 heavy (non-hydrogen) atoms. The first kappa shape index (κ1) is 24.8. The molecule has 0 radical (unpaired) electrons. The molecule has 0 spiro atoms. The molecule has 12 heteroatoms. The molecular weight excluding hydrogens is 491 g/mol. The molecule has 0 saturated heterocycles. The normalized spacial score (nSPS) is 13.1. The molecule has 0 bridgehead atoms. The number of carbonyl (C=O) groups is 1. The molecule has 3 N–H and O–H groups in total.